The van der Waals surface area contributed by atoms with Gasteiger partial charge in [0.25, 0.3) is 0 Å². The highest BCUT2D eigenvalue weighted by Crippen LogP contribution is 2.55. The van der Waals surface area contributed by atoms with Crippen molar-refractivity contribution in [3.63, 3.8) is 0 Å². The lowest BCUT2D eigenvalue weighted by Crippen LogP contribution is -2.59. The van der Waals surface area contributed by atoms with E-state index in [1.54, 1.807) is 0 Å². The smallest absolute Gasteiger partial charge is 0.139 e. The van der Waals surface area contributed by atoms with Crippen LogP contribution in [0.3, 0.4) is 0 Å². The van der Waals surface area contributed by atoms with Gasteiger partial charge in [-0.15, -0.1) is 0 Å². The summed E-state index contributed by atoms with van der Waals surface area (Å²) in [6.45, 7) is 3.35. The van der Waals surface area contributed by atoms with Crippen molar-refractivity contribution >= 4 is 5.69 Å². The Morgan fingerprint density at radius 1 is 1.04 bits per heavy atom. The zero-order valence-electron chi connectivity index (χ0n) is 14.7. The molecule has 5 rings (SSSR count). The Kier molecular flexibility index (Phi) is 3.55. The van der Waals surface area contributed by atoms with Crippen molar-refractivity contribution in [3.8, 4) is 5.75 Å². The molecule has 3 fully saturated rings. The molecular formula is C21H30N2O. The molecule has 1 unspecified atom stereocenters. The highest BCUT2D eigenvalue weighted by molar-refractivity contribution is 5.63. The lowest BCUT2D eigenvalue weighted by molar-refractivity contribution is 0.0795. The van der Waals surface area contributed by atoms with Gasteiger partial charge < -0.3 is 15.3 Å². The molecule has 3 nitrogen and oxygen atoms in total. The van der Waals surface area contributed by atoms with Gasteiger partial charge in [-0.05, 0) is 80.7 Å². The number of anilines is 1. The first-order valence-corrected chi connectivity index (χ1v) is 10.1. The summed E-state index contributed by atoms with van der Waals surface area (Å²) in [4.78, 5) is 2.41. The monoisotopic (exact) mass is 326 g/mol. The number of nitrogens with zero attached hydrogens (tertiary/aromatic N) is 1. The van der Waals surface area contributed by atoms with Crippen molar-refractivity contribution in [1.82, 2.24) is 5.32 Å². The first kappa shape index (κ1) is 15.1. The minimum atomic E-state index is 0.347. The third kappa shape index (κ3) is 2.13. The number of rotatable bonds is 1. The normalized spacial score (nSPS) is 35.2. The fourth-order valence-corrected chi connectivity index (χ4v) is 6.35. The zero-order chi connectivity index (χ0) is 16.1. The molecule has 2 aliphatic heterocycles. The van der Waals surface area contributed by atoms with Crippen LogP contribution in [-0.2, 0) is 11.8 Å². The summed E-state index contributed by atoms with van der Waals surface area (Å²) < 4.78 is 0. The second-order valence-corrected chi connectivity index (χ2v) is 8.57. The lowest BCUT2D eigenvalue weighted by atomic mass is 9.53. The van der Waals surface area contributed by atoms with E-state index in [0.29, 0.717) is 17.2 Å². The van der Waals surface area contributed by atoms with Gasteiger partial charge in [0.05, 0.1) is 5.69 Å². The van der Waals surface area contributed by atoms with Crippen LogP contribution in [0.15, 0.2) is 12.1 Å². The zero-order valence-corrected chi connectivity index (χ0v) is 14.7. The molecule has 0 radical (unpaired) electrons. The molecule has 2 aliphatic carbocycles. The number of hydrogen-bond acceptors (Lipinski definition) is 3. The van der Waals surface area contributed by atoms with Crippen LogP contribution in [-0.4, -0.2) is 30.8 Å². The minimum Gasteiger partial charge on any atom is -0.506 e. The van der Waals surface area contributed by atoms with E-state index in [4.69, 9.17) is 0 Å². The number of hydrogen-bond donors (Lipinski definition) is 2. The molecule has 3 atom stereocenters. The molecular weight excluding hydrogens is 296 g/mol. The molecule has 0 amide bonds. The molecule has 130 valence electrons. The maximum absolute atomic E-state index is 10.8. The molecule has 1 aromatic carbocycles. The molecule has 0 aromatic heterocycles. The molecule has 24 heavy (non-hydrogen) atoms. The number of fused-ring (bicyclic) bond motifs is 1. The Balaban J connectivity index is 1.59. The lowest BCUT2D eigenvalue weighted by Gasteiger charge is -2.56. The summed E-state index contributed by atoms with van der Waals surface area (Å²) >= 11 is 0. The standard InChI is InChI=1S/C21H30N2O/c24-20-14-17-15(13-19(20)23-10-4-1-5-11-23)12-18-16-6-2-3-7-21(16,17)8-9-22-18/h13-14,16,18,22,24H,1-12H2/t16?,18-,21-/m0/s1. The SMILES string of the molecule is Oc1cc2c(cc1N1CCCCC1)C[C@@H]1NCC[C@]23CCCCC13. The average Bonchev–Trinajstić information content (AvgIpc) is 2.63. The number of aromatic hydroxyl groups is 1. The van der Waals surface area contributed by atoms with Gasteiger partial charge in [0.2, 0.25) is 0 Å². The van der Waals surface area contributed by atoms with E-state index in [1.807, 2.05) is 0 Å². The Morgan fingerprint density at radius 3 is 2.79 bits per heavy atom. The van der Waals surface area contributed by atoms with Crippen LogP contribution >= 0.6 is 0 Å². The van der Waals surface area contributed by atoms with Gasteiger partial charge in [-0.1, -0.05) is 12.8 Å². The van der Waals surface area contributed by atoms with Gasteiger partial charge in [0.1, 0.15) is 5.75 Å². The molecule has 2 N–H and O–H groups in total. The van der Waals surface area contributed by atoms with E-state index in [0.717, 1.165) is 37.7 Å². The molecule has 0 spiro atoms. The summed E-state index contributed by atoms with van der Waals surface area (Å²) in [5.74, 6) is 1.32. The maximum Gasteiger partial charge on any atom is 0.139 e. The summed E-state index contributed by atoms with van der Waals surface area (Å²) in [6, 6.07) is 5.19. The summed E-state index contributed by atoms with van der Waals surface area (Å²) in [7, 11) is 0. The van der Waals surface area contributed by atoms with E-state index >= 15 is 0 Å². The number of phenols is 1. The van der Waals surface area contributed by atoms with Crippen molar-refractivity contribution < 1.29 is 5.11 Å². The topological polar surface area (TPSA) is 35.5 Å². The number of benzene rings is 1. The van der Waals surface area contributed by atoms with Crippen LogP contribution in [0.2, 0.25) is 0 Å². The van der Waals surface area contributed by atoms with Crippen LogP contribution in [0.4, 0.5) is 5.69 Å². The maximum atomic E-state index is 10.8. The highest BCUT2D eigenvalue weighted by Gasteiger charge is 2.51. The third-order valence-corrected chi connectivity index (χ3v) is 7.43. The molecule has 2 bridgehead atoms. The van der Waals surface area contributed by atoms with Crippen molar-refractivity contribution in [2.45, 2.75) is 69.2 Å². The number of nitrogens with one attached hydrogen (secondary N) is 1. The second kappa shape index (κ2) is 5.66. The van der Waals surface area contributed by atoms with Gasteiger partial charge in [-0.25, -0.2) is 0 Å². The van der Waals surface area contributed by atoms with Gasteiger partial charge >= 0.3 is 0 Å². The van der Waals surface area contributed by atoms with Crippen LogP contribution < -0.4 is 10.2 Å². The van der Waals surface area contributed by atoms with Gasteiger partial charge in [-0.2, -0.15) is 0 Å². The highest BCUT2D eigenvalue weighted by atomic mass is 16.3. The largest absolute Gasteiger partial charge is 0.506 e. The second-order valence-electron chi connectivity index (χ2n) is 8.57. The van der Waals surface area contributed by atoms with E-state index in [9.17, 15) is 5.11 Å². The third-order valence-electron chi connectivity index (χ3n) is 7.43. The number of piperidine rings is 2. The van der Waals surface area contributed by atoms with E-state index in [-0.39, 0.29) is 0 Å². The van der Waals surface area contributed by atoms with Crippen LogP contribution in [0.25, 0.3) is 0 Å². The Bertz CT molecular complexity index is 633. The van der Waals surface area contributed by atoms with Gasteiger partial charge in [0, 0.05) is 24.5 Å². The molecule has 3 heteroatoms. The molecule has 1 aromatic rings. The van der Waals surface area contributed by atoms with Crippen molar-refractivity contribution in [3.05, 3.63) is 23.3 Å². The van der Waals surface area contributed by atoms with Gasteiger partial charge in [0.15, 0.2) is 0 Å². The summed E-state index contributed by atoms with van der Waals surface area (Å²) in [6.07, 6.45) is 11.7. The van der Waals surface area contributed by atoms with E-state index < -0.39 is 0 Å². The molecule has 2 heterocycles. The average molecular weight is 326 g/mol. The summed E-state index contributed by atoms with van der Waals surface area (Å²) in [5.41, 5.74) is 4.46. The fourth-order valence-electron chi connectivity index (χ4n) is 6.35. The van der Waals surface area contributed by atoms with Crippen molar-refractivity contribution in [2.75, 3.05) is 24.5 Å². The van der Waals surface area contributed by atoms with Crippen molar-refractivity contribution in [2.24, 2.45) is 5.92 Å². The predicted octanol–water partition coefficient (Wildman–Crippen LogP) is 3.73. The first-order chi connectivity index (χ1) is 11.8. The Hall–Kier alpha value is -1.22. The van der Waals surface area contributed by atoms with Crippen LogP contribution in [0.5, 0.6) is 5.75 Å². The Morgan fingerprint density at radius 2 is 1.92 bits per heavy atom. The van der Waals surface area contributed by atoms with Crippen LogP contribution in [0, 0.1) is 5.92 Å². The molecule has 1 saturated carbocycles. The van der Waals surface area contributed by atoms with Crippen LogP contribution in [0.1, 0.15) is 62.5 Å². The predicted molar refractivity (Wildman–Crippen MR) is 97.9 cm³/mol. The quantitative estimate of drug-likeness (QED) is 0.825. The first-order valence-electron chi connectivity index (χ1n) is 10.1. The van der Waals surface area contributed by atoms with Gasteiger partial charge in [-0.3, -0.25) is 0 Å². The minimum absolute atomic E-state index is 0.347. The summed E-state index contributed by atoms with van der Waals surface area (Å²) in [5, 5.41) is 14.7. The Labute approximate surface area is 145 Å². The molecule has 4 aliphatic rings. The number of phenolic OH excluding ortho intramolecular Hbond substituents is 1. The fraction of sp³-hybridized carbons (Fsp3) is 0.714. The van der Waals surface area contributed by atoms with E-state index in [2.05, 4.69) is 22.3 Å². The van der Waals surface area contributed by atoms with E-state index in [1.165, 1.54) is 62.5 Å². The molecule has 2 saturated heterocycles. The van der Waals surface area contributed by atoms with Crippen molar-refractivity contribution in [1.29, 1.82) is 0 Å².